The maximum Gasteiger partial charge on any atom is 0.407 e. The number of fused-ring (bicyclic) bond motifs is 4. The fourth-order valence-electron chi connectivity index (χ4n) is 5.76. The molecule has 202 valence electrons. The van der Waals surface area contributed by atoms with Crippen molar-refractivity contribution in [3.05, 3.63) is 94.5 Å². The first-order chi connectivity index (χ1) is 18.9. The van der Waals surface area contributed by atoms with Gasteiger partial charge in [-0.3, -0.25) is 9.59 Å². The number of hydrogen-bond donors (Lipinski definition) is 1. The number of carbonyl (C=O) groups is 3. The zero-order valence-corrected chi connectivity index (χ0v) is 22.1. The van der Waals surface area contributed by atoms with Crippen molar-refractivity contribution in [3.63, 3.8) is 0 Å². The van der Waals surface area contributed by atoms with Crippen LogP contribution in [0.25, 0.3) is 0 Å². The first-order valence-corrected chi connectivity index (χ1v) is 12.6. The molecule has 0 spiro atoms. The van der Waals surface area contributed by atoms with E-state index in [9.17, 15) is 14.4 Å². The summed E-state index contributed by atoms with van der Waals surface area (Å²) in [5.74, 6) is -0.707. The van der Waals surface area contributed by atoms with Crippen LogP contribution in [0.2, 0.25) is 0 Å². The van der Waals surface area contributed by atoms with E-state index in [1.807, 2.05) is 36.4 Å². The number of carbonyl (C=O) groups excluding carboxylic acids is 3. The number of nitrogens with zero attached hydrogens (tertiary/aromatic N) is 1. The number of alkyl carbamates (subject to hydrolysis) is 1. The third-order valence-corrected chi connectivity index (χ3v) is 7.54. The highest BCUT2D eigenvalue weighted by atomic mass is 16.5. The summed E-state index contributed by atoms with van der Waals surface area (Å²) in [5.41, 5.74) is 2.04. The summed E-state index contributed by atoms with van der Waals surface area (Å²) in [7, 11) is 4.40. The Kier molecular flexibility index (Phi) is 7.15. The molecule has 2 aliphatic heterocycles. The number of esters is 1. The highest BCUT2D eigenvalue weighted by Crippen LogP contribution is 2.52. The zero-order valence-electron chi connectivity index (χ0n) is 22.1. The lowest BCUT2D eigenvalue weighted by Crippen LogP contribution is -2.65. The Balaban J connectivity index is 1.63. The van der Waals surface area contributed by atoms with Gasteiger partial charge in [-0.25, -0.2) is 4.79 Å². The minimum absolute atomic E-state index is 0.0766. The number of methoxy groups -OCH3 is 3. The number of nitrogens with one attached hydrogen (secondary N) is 1. The van der Waals surface area contributed by atoms with Crippen LogP contribution in [-0.4, -0.2) is 57.3 Å². The highest BCUT2D eigenvalue weighted by Gasteiger charge is 2.58. The molecule has 0 radical (unpaired) electrons. The van der Waals surface area contributed by atoms with Gasteiger partial charge in [0.2, 0.25) is 0 Å². The lowest BCUT2D eigenvalue weighted by molar-refractivity contribution is -0.147. The normalized spacial score (nSPS) is 19.2. The highest BCUT2D eigenvalue weighted by molar-refractivity contribution is 6.02. The predicted molar refractivity (Wildman–Crippen MR) is 142 cm³/mol. The Hall–Kier alpha value is -4.53. The minimum atomic E-state index is -1.31. The fourth-order valence-corrected chi connectivity index (χ4v) is 5.76. The molecule has 1 N–H and O–H groups in total. The number of benzene rings is 3. The maximum atomic E-state index is 13.9. The molecule has 3 aromatic carbocycles. The lowest BCUT2D eigenvalue weighted by atomic mass is 9.65. The van der Waals surface area contributed by atoms with Crippen molar-refractivity contribution in [3.8, 4) is 11.5 Å². The Bertz CT molecular complexity index is 1410. The first kappa shape index (κ1) is 26.1. The Morgan fingerprint density at radius 3 is 2.38 bits per heavy atom. The number of ether oxygens (including phenoxy) is 4. The first-order valence-electron chi connectivity index (χ1n) is 12.6. The molecule has 9 nitrogen and oxygen atoms in total. The standard InChI is InChI=1S/C30H30N2O7/c1-36-24-15-20-13-14-32-27(33)22-12-8-7-11-21(22)26(28(34)38-3)30(32,23(20)16-25(24)37-2)18-31-29(35)39-17-19-9-5-4-6-10-19/h4-12,15-16,26H,13-14,17-18H2,1-3H3,(H,31,35)/t26-,30+/m1/s1. The molecule has 0 bridgehead atoms. The lowest BCUT2D eigenvalue weighted by Gasteiger charge is -2.54. The summed E-state index contributed by atoms with van der Waals surface area (Å²) < 4.78 is 21.9. The summed E-state index contributed by atoms with van der Waals surface area (Å²) in [6.07, 6.45) is -0.145. The van der Waals surface area contributed by atoms with E-state index in [-0.39, 0.29) is 19.1 Å². The number of hydrogen-bond acceptors (Lipinski definition) is 7. The molecule has 0 unspecified atom stereocenters. The SMILES string of the molecule is COC(=O)[C@H]1c2ccccc2C(=O)N2CCc3cc(OC)c(OC)cc3[C@@]12CNC(=O)OCc1ccccc1. The van der Waals surface area contributed by atoms with Gasteiger partial charge in [-0.15, -0.1) is 0 Å². The fraction of sp³-hybridized carbons (Fsp3) is 0.300. The molecule has 2 amide bonds. The molecule has 3 aromatic rings. The zero-order chi connectivity index (χ0) is 27.6. The molecule has 2 aliphatic rings. The molecular formula is C30H30N2O7. The molecule has 0 fully saturated rings. The van der Waals surface area contributed by atoms with Crippen LogP contribution in [0.4, 0.5) is 4.79 Å². The van der Waals surface area contributed by atoms with Gasteiger partial charge in [-0.05, 0) is 46.9 Å². The Morgan fingerprint density at radius 1 is 0.974 bits per heavy atom. The molecule has 2 atom stereocenters. The van der Waals surface area contributed by atoms with Crippen LogP contribution in [-0.2, 0) is 32.8 Å². The molecule has 39 heavy (non-hydrogen) atoms. The van der Waals surface area contributed by atoms with Crippen molar-refractivity contribution in [2.75, 3.05) is 34.4 Å². The van der Waals surface area contributed by atoms with E-state index in [1.165, 1.54) is 14.2 Å². The van der Waals surface area contributed by atoms with Gasteiger partial charge in [-0.1, -0.05) is 48.5 Å². The molecule has 0 aliphatic carbocycles. The summed E-state index contributed by atoms with van der Waals surface area (Å²) in [5, 5.41) is 2.84. The van der Waals surface area contributed by atoms with Crippen LogP contribution >= 0.6 is 0 Å². The monoisotopic (exact) mass is 530 g/mol. The largest absolute Gasteiger partial charge is 0.493 e. The van der Waals surface area contributed by atoms with Gasteiger partial charge in [0.15, 0.2) is 11.5 Å². The number of amides is 2. The second-order valence-corrected chi connectivity index (χ2v) is 9.45. The minimum Gasteiger partial charge on any atom is -0.493 e. The molecule has 0 aromatic heterocycles. The van der Waals surface area contributed by atoms with Gasteiger partial charge < -0.3 is 29.2 Å². The van der Waals surface area contributed by atoms with Crippen molar-refractivity contribution in [1.82, 2.24) is 10.2 Å². The van der Waals surface area contributed by atoms with Crippen LogP contribution in [0.15, 0.2) is 66.7 Å². The van der Waals surface area contributed by atoms with Crippen LogP contribution in [0.5, 0.6) is 11.5 Å². The van der Waals surface area contributed by atoms with E-state index in [4.69, 9.17) is 18.9 Å². The molecule has 5 rings (SSSR count). The Morgan fingerprint density at radius 2 is 1.67 bits per heavy atom. The summed E-state index contributed by atoms with van der Waals surface area (Å²) in [6, 6.07) is 20.0. The predicted octanol–water partition coefficient (Wildman–Crippen LogP) is 3.79. The van der Waals surface area contributed by atoms with Crippen molar-refractivity contribution < 1.29 is 33.3 Å². The summed E-state index contributed by atoms with van der Waals surface area (Å²) in [6.45, 7) is 0.306. The third kappa shape index (κ3) is 4.43. The van der Waals surface area contributed by atoms with E-state index in [0.717, 1.165) is 11.1 Å². The van der Waals surface area contributed by atoms with Gasteiger partial charge >= 0.3 is 12.1 Å². The van der Waals surface area contributed by atoms with Crippen LogP contribution in [0, 0.1) is 0 Å². The van der Waals surface area contributed by atoms with Crippen molar-refractivity contribution in [2.24, 2.45) is 0 Å². The summed E-state index contributed by atoms with van der Waals surface area (Å²) >= 11 is 0. The Labute approximate surface area is 226 Å². The topological polar surface area (TPSA) is 103 Å². The molecule has 2 heterocycles. The van der Waals surface area contributed by atoms with Gasteiger partial charge in [0.05, 0.1) is 21.3 Å². The number of rotatable bonds is 7. The van der Waals surface area contributed by atoms with Gasteiger partial charge in [0.25, 0.3) is 5.91 Å². The van der Waals surface area contributed by atoms with Gasteiger partial charge in [0, 0.05) is 18.7 Å². The molecule has 0 saturated carbocycles. The van der Waals surface area contributed by atoms with E-state index in [1.54, 1.807) is 42.3 Å². The third-order valence-electron chi connectivity index (χ3n) is 7.54. The van der Waals surface area contributed by atoms with Crippen molar-refractivity contribution >= 4 is 18.0 Å². The average molecular weight is 531 g/mol. The molecule has 0 saturated heterocycles. The molecule has 9 heteroatoms. The second-order valence-electron chi connectivity index (χ2n) is 9.45. The second kappa shape index (κ2) is 10.7. The summed E-state index contributed by atoms with van der Waals surface area (Å²) in [4.78, 5) is 42.1. The molecular weight excluding hydrogens is 500 g/mol. The van der Waals surface area contributed by atoms with E-state index in [2.05, 4.69) is 5.32 Å². The van der Waals surface area contributed by atoms with E-state index in [0.29, 0.717) is 41.2 Å². The smallest absolute Gasteiger partial charge is 0.407 e. The van der Waals surface area contributed by atoms with Crippen LogP contribution < -0.4 is 14.8 Å². The van der Waals surface area contributed by atoms with Gasteiger partial charge in [0.1, 0.15) is 18.1 Å². The van der Waals surface area contributed by atoms with Gasteiger partial charge in [-0.2, -0.15) is 0 Å². The van der Waals surface area contributed by atoms with Crippen LogP contribution in [0.1, 0.15) is 38.5 Å². The van der Waals surface area contributed by atoms with Crippen LogP contribution in [0.3, 0.4) is 0 Å². The van der Waals surface area contributed by atoms with E-state index >= 15 is 0 Å². The van der Waals surface area contributed by atoms with Crippen molar-refractivity contribution in [2.45, 2.75) is 24.5 Å². The average Bonchev–Trinajstić information content (AvgIpc) is 2.98. The quantitative estimate of drug-likeness (QED) is 0.464. The maximum absolute atomic E-state index is 13.9. The van der Waals surface area contributed by atoms with Crippen molar-refractivity contribution in [1.29, 1.82) is 0 Å². The van der Waals surface area contributed by atoms with E-state index < -0.39 is 23.5 Å².